The molecule has 0 amide bonds. The van der Waals surface area contributed by atoms with E-state index in [1.165, 1.54) is 19.1 Å². The molecule has 2 aromatic rings. The molecule has 1 aromatic carbocycles. The van der Waals surface area contributed by atoms with Crippen molar-refractivity contribution in [2.75, 3.05) is 0 Å². The third-order valence-corrected chi connectivity index (χ3v) is 2.84. The van der Waals surface area contributed by atoms with Crippen LogP contribution in [0.15, 0.2) is 30.6 Å². The van der Waals surface area contributed by atoms with Crippen LogP contribution in [0.3, 0.4) is 0 Å². The molecule has 4 nitrogen and oxygen atoms in total. The fraction of sp³-hybridized carbons (Fsp3) is 0.357. The Morgan fingerprint density at radius 1 is 1.47 bits per heavy atom. The highest BCUT2D eigenvalue weighted by Crippen LogP contribution is 2.22. The molecule has 0 aliphatic rings. The van der Waals surface area contributed by atoms with Gasteiger partial charge in [0, 0.05) is 29.9 Å². The lowest BCUT2D eigenvalue weighted by molar-refractivity contribution is 0.194. The number of rotatable bonds is 5. The smallest absolute Gasteiger partial charge is 0.132 e. The van der Waals surface area contributed by atoms with E-state index in [0.717, 1.165) is 12.1 Å². The molecule has 0 saturated heterocycles. The molecule has 1 unspecified atom stereocenters. The molecule has 5 heteroatoms. The number of ether oxygens (including phenoxy) is 1. The van der Waals surface area contributed by atoms with Crippen LogP contribution in [0.5, 0.6) is 5.75 Å². The van der Waals surface area contributed by atoms with Gasteiger partial charge in [-0.15, -0.1) is 0 Å². The number of aliphatic hydroxyl groups is 1. The minimum Gasteiger partial charge on any atom is -0.489 e. The maximum atomic E-state index is 13.6. The average molecular weight is 264 g/mol. The second-order valence-electron chi connectivity index (χ2n) is 4.35. The van der Waals surface area contributed by atoms with Gasteiger partial charge in [-0.2, -0.15) is 5.10 Å². The summed E-state index contributed by atoms with van der Waals surface area (Å²) in [5.41, 5.74) is 1.20. The summed E-state index contributed by atoms with van der Waals surface area (Å²) in [6, 6.07) is 4.46. The maximum Gasteiger partial charge on any atom is 0.132 e. The standard InChI is InChI=1S/C14H17FN2O2/c1-3-17-8-11(7-16-17)9-19-12-4-5-13(10(2)18)14(15)6-12/h4-8,10,18H,3,9H2,1-2H3. The second kappa shape index (κ2) is 5.84. The molecule has 1 N–H and O–H groups in total. The minimum absolute atomic E-state index is 0.270. The van der Waals surface area contributed by atoms with E-state index in [0.29, 0.717) is 12.4 Å². The Morgan fingerprint density at radius 2 is 2.26 bits per heavy atom. The molecular formula is C14H17FN2O2. The van der Waals surface area contributed by atoms with E-state index in [9.17, 15) is 9.50 Å². The zero-order chi connectivity index (χ0) is 13.8. The first-order valence-electron chi connectivity index (χ1n) is 6.21. The number of aromatic nitrogens is 2. The lowest BCUT2D eigenvalue weighted by Gasteiger charge is -2.09. The highest BCUT2D eigenvalue weighted by Gasteiger charge is 2.09. The van der Waals surface area contributed by atoms with Crippen molar-refractivity contribution in [3.05, 3.63) is 47.5 Å². The van der Waals surface area contributed by atoms with Crippen molar-refractivity contribution in [3.8, 4) is 5.75 Å². The minimum atomic E-state index is -0.822. The van der Waals surface area contributed by atoms with Gasteiger partial charge in [-0.25, -0.2) is 4.39 Å². The third-order valence-electron chi connectivity index (χ3n) is 2.84. The van der Waals surface area contributed by atoms with Crippen LogP contribution >= 0.6 is 0 Å². The number of hydrogen-bond donors (Lipinski definition) is 1. The normalized spacial score (nSPS) is 12.4. The fourth-order valence-electron chi connectivity index (χ4n) is 1.76. The maximum absolute atomic E-state index is 13.6. The quantitative estimate of drug-likeness (QED) is 0.903. The van der Waals surface area contributed by atoms with Crippen molar-refractivity contribution in [1.82, 2.24) is 9.78 Å². The van der Waals surface area contributed by atoms with Crippen molar-refractivity contribution in [2.45, 2.75) is 33.1 Å². The summed E-state index contributed by atoms with van der Waals surface area (Å²) in [7, 11) is 0. The highest BCUT2D eigenvalue weighted by molar-refractivity contribution is 5.30. The van der Waals surface area contributed by atoms with E-state index in [4.69, 9.17) is 4.74 Å². The van der Waals surface area contributed by atoms with Crippen LogP contribution in [0.4, 0.5) is 4.39 Å². The number of nitrogens with zero attached hydrogens (tertiary/aromatic N) is 2. The van der Waals surface area contributed by atoms with E-state index in [-0.39, 0.29) is 5.56 Å². The molecule has 2 rings (SSSR count). The Morgan fingerprint density at radius 3 is 2.84 bits per heavy atom. The molecule has 0 spiro atoms. The van der Waals surface area contributed by atoms with Gasteiger partial charge in [0.1, 0.15) is 18.2 Å². The Labute approximate surface area is 111 Å². The molecule has 0 aliphatic heterocycles. The van der Waals surface area contributed by atoms with Gasteiger partial charge >= 0.3 is 0 Å². The lowest BCUT2D eigenvalue weighted by atomic mass is 10.1. The molecule has 0 fully saturated rings. The highest BCUT2D eigenvalue weighted by atomic mass is 19.1. The Hall–Kier alpha value is -1.88. The number of benzene rings is 1. The van der Waals surface area contributed by atoms with Crippen LogP contribution in [0.25, 0.3) is 0 Å². The van der Waals surface area contributed by atoms with Gasteiger partial charge in [0.25, 0.3) is 0 Å². The van der Waals surface area contributed by atoms with Crippen LogP contribution < -0.4 is 4.74 Å². The van der Waals surface area contributed by atoms with Gasteiger partial charge in [-0.1, -0.05) is 0 Å². The van der Waals surface area contributed by atoms with Gasteiger partial charge in [-0.3, -0.25) is 4.68 Å². The monoisotopic (exact) mass is 264 g/mol. The summed E-state index contributed by atoms with van der Waals surface area (Å²) < 4.78 is 20.9. The predicted octanol–water partition coefficient (Wildman–Crippen LogP) is 2.67. The van der Waals surface area contributed by atoms with Gasteiger partial charge in [0.05, 0.1) is 12.3 Å². The number of aryl methyl sites for hydroxylation is 1. The van der Waals surface area contributed by atoms with E-state index in [2.05, 4.69) is 5.10 Å². The van der Waals surface area contributed by atoms with E-state index in [1.807, 2.05) is 13.1 Å². The van der Waals surface area contributed by atoms with Gasteiger partial charge in [-0.05, 0) is 26.0 Å². The van der Waals surface area contributed by atoms with Crippen LogP contribution in [-0.2, 0) is 13.2 Å². The summed E-state index contributed by atoms with van der Waals surface area (Å²) >= 11 is 0. The first-order chi connectivity index (χ1) is 9.10. The molecule has 0 saturated carbocycles. The predicted molar refractivity (Wildman–Crippen MR) is 69.3 cm³/mol. The summed E-state index contributed by atoms with van der Waals surface area (Å²) in [4.78, 5) is 0. The number of aliphatic hydroxyl groups excluding tert-OH is 1. The van der Waals surface area contributed by atoms with Crippen LogP contribution in [0.2, 0.25) is 0 Å². The molecule has 1 atom stereocenters. The Balaban J connectivity index is 2.01. The summed E-state index contributed by atoms with van der Waals surface area (Å²) in [5.74, 6) is -0.0251. The van der Waals surface area contributed by atoms with E-state index >= 15 is 0 Å². The van der Waals surface area contributed by atoms with E-state index < -0.39 is 11.9 Å². The third kappa shape index (κ3) is 3.32. The molecule has 19 heavy (non-hydrogen) atoms. The first-order valence-corrected chi connectivity index (χ1v) is 6.21. The lowest BCUT2D eigenvalue weighted by Crippen LogP contribution is -1.99. The van der Waals surface area contributed by atoms with Gasteiger partial charge in [0.15, 0.2) is 0 Å². The molecule has 0 aliphatic carbocycles. The van der Waals surface area contributed by atoms with Crippen molar-refractivity contribution < 1.29 is 14.2 Å². The summed E-state index contributed by atoms with van der Waals surface area (Å²) in [6.45, 7) is 4.67. The second-order valence-corrected chi connectivity index (χ2v) is 4.35. The van der Waals surface area contributed by atoms with Crippen molar-refractivity contribution in [2.24, 2.45) is 0 Å². The summed E-state index contributed by atoms with van der Waals surface area (Å²) in [5, 5.41) is 13.5. The molecule has 1 heterocycles. The molecule has 1 aromatic heterocycles. The fourth-order valence-corrected chi connectivity index (χ4v) is 1.76. The zero-order valence-corrected chi connectivity index (χ0v) is 11.0. The topological polar surface area (TPSA) is 47.3 Å². The largest absolute Gasteiger partial charge is 0.489 e. The molecule has 102 valence electrons. The Kier molecular flexibility index (Phi) is 4.16. The summed E-state index contributed by atoms with van der Waals surface area (Å²) in [6.07, 6.45) is 2.79. The molecule has 0 radical (unpaired) electrons. The van der Waals surface area contributed by atoms with Gasteiger partial charge in [0.2, 0.25) is 0 Å². The van der Waals surface area contributed by atoms with E-state index in [1.54, 1.807) is 16.9 Å². The van der Waals surface area contributed by atoms with Crippen LogP contribution in [0, 0.1) is 5.82 Å². The van der Waals surface area contributed by atoms with Crippen molar-refractivity contribution >= 4 is 0 Å². The number of hydrogen-bond acceptors (Lipinski definition) is 3. The SMILES string of the molecule is CCn1cc(COc2ccc(C(C)O)c(F)c2)cn1. The van der Waals surface area contributed by atoms with Crippen LogP contribution in [-0.4, -0.2) is 14.9 Å². The number of halogens is 1. The first kappa shape index (κ1) is 13.5. The Bertz CT molecular complexity index is 552. The van der Waals surface area contributed by atoms with Crippen molar-refractivity contribution in [1.29, 1.82) is 0 Å². The average Bonchev–Trinajstić information content (AvgIpc) is 2.84. The zero-order valence-electron chi connectivity index (χ0n) is 11.0. The molecular weight excluding hydrogens is 247 g/mol. The van der Waals surface area contributed by atoms with Crippen molar-refractivity contribution in [3.63, 3.8) is 0 Å². The van der Waals surface area contributed by atoms with Crippen LogP contribution in [0.1, 0.15) is 31.1 Å². The van der Waals surface area contributed by atoms with Gasteiger partial charge < -0.3 is 9.84 Å². The molecule has 0 bridgehead atoms.